The van der Waals surface area contributed by atoms with Crippen molar-refractivity contribution < 1.29 is 0 Å². The third-order valence-corrected chi connectivity index (χ3v) is 3.57. The lowest BCUT2D eigenvalue weighted by atomic mass is 10.2. The number of aryl methyl sites for hydroxylation is 1. The van der Waals surface area contributed by atoms with Gasteiger partial charge in [0.05, 0.1) is 0 Å². The average Bonchev–Trinajstić information content (AvgIpc) is 2.78. The molecule has 2 aromatic heterocycles. The lowest BCUT2D eigenvalue weighted by Gasteiger charge is -2.00. The van der Waals surface area contributed by atoms with E-state index in [0.29, 0.717) is 0 Å². The Balaban J connectivity index is 2.47. The van der Waals surface area contributed by atoms with Crippen molar-refractivity contribution in [2.45, 2.75) is 13.5 Å². The molecule has 70 valence electrons. The number of thiophene rings is 1. The summed E-state index contributed by atoms with van der Waals surface area (Å²) in [6.07, 6.45) is 2.16. The van der Waals surface area contributed by atoms with E-state index in [1.807, 2.05) is 11.3 Å². The van der Waals surface area contributed by atoms with Gasteiger partial charge in [0.25, 0.3) is 0 Å². The van der Waals surface area contributed by atoms with Gasteiger partial charge in [-0.2, -0.15) is 0 Å². The summed E-state index contributed by atoms with van der Waals surface area (Å²) in [4.78, 5) is 0. The zero-order valence-corrected chi connectivity index (χ0v) is 8.84. The molecule has 1 nitrogen and oxygen atoms in total. The van der Waals surface area contributed by atoms with Crippen molar-refractivity contribution in [1.29, 1.82) is 0 Å². The molecule has 14 heavy (non-hydrogen) atoms. The first-order chi connectivity index (χ1) is 6.88. The van der Waals surface area contributed by atoms with Crippen molar-refractivity contribution >= 4 is 32.3 Å². The van der Waals surface area contributed by atoms with Crippen LogP contribution in [0.3, 0.4) is 0 Å². The first-order valence-corrected chi connectivity index (χ1v) is 5.72. The smallest absolute Gasteiger partial charge is 0.0494 e. The zero-order valence-electron chi connectivity index (χ0n) is 8.03. The average molecular weight is 201 g/mol. The van der Waals surface area contributed by atoms with Crippen molar-refractivity contribution in [3.63, 3.8) is 0 Å². The molecule has 1 aromatic carbocycles. The molecule has 0 spiro atoms. The van der Waals surface area contributed by atoms with Crippen LogP contribution in [0, 0.1) is 0 Å². The standard InChI is InChI=1S/C12H11NS/c1-2-13-5-3-9-7-10-4-6-14-12(10)8-11(9)13/h3-8H,2H2,1H3. The van der Waals surface area contributed by atoms with Crippen LogP contribution in [0.2, 0.25) is 0 Å². The molecule has 0 N–H and O–H groups in total. The number of hydrogen-bond donors (Lipinski definition) is 0. The van der Waals surface area contributed by atoms with Gasteiger partial charge < -0.3 is 4.57 Å². The van der Waals surface area contributed by atoms with Crippen LogP contribution < -0.4 is 0 Å². The lowest BCUT2D eigenvalue weighted by molar-refractivity contribution is 0.798. The van der Waals surface area contributed by atoms with Crippen LogP contribution in [-0.4, -0.2) is 4.57 Å². The van der Waals surface area contributed by atoms with Gasteiger partial charge in [0, 0.05) is 28.3 Å². The fourth-order valence-corrected chi connectivity index (χ4v) is 2.73. The quantitative estimate of drug-likeness (QED) is 0.563. The van der Waals surface area contributed by atoms with Crippen molar-refractivity contribution in [3.8, 4) is 0 Å². The molecule has 2 heteroatoms. The first-order valence-electron chi connectivity index (χ1n) is 4.84. The summed E-state index contributed by atoms with van der Waals surface area (Å²) in [5.74, 6) is 0. The van der Waals surface area contributed by atoms with E-state index in [1.165, 1.54) is 21.0 Å². The Morgan fingerprint density at radius 1 is 1.21 bits per heavy atom. The summed E-state index contributed by atoms with van der Waals surface area (Å²) in [7, 11) is 0. The van der Waals surface area contributed by atoms with Gasteiger partial charge in [-0.05, 0) is 42.0 Å². The van der Waals surface area contributed by atoms with Gasteiger partial charge in [-0.25, -0.2) is 0 Å². The van der Waals surface area contributed by atoms with Crippen LogP contribution in [0.5, 0.6) is 0 Å². The highest BCUT2D eigenvalue weighted by molar-refractivity contribution is 7.17. The zero-order chi connectivity index (χ0) is 9.54. The van der Waals surface area contributed by atoms with Crippen LogP contribution in [0.25, 0.3) is 21.0 Å². The summed E-state index contributed by atoms with van der Waals surface area (Å²) in [6.45, 7) is 3.22. The second-order valence-electron chi connectivity index (χ2n) is 3.47. The maximum atomic E-state index is 2.29. The predicted octanol–water partition coefficient (Wildman–Crippen LogP) is 3.88. The second-order valence-corrected chi connectivity index (χ2v) is 4.42. The van der Waals surface area contributed by atoms with Gasteiger partial charge >= 0.3 is 0 Å². The Hall–Kier alpha value is -1.28. The summed E-state index contributed by atoms with van der Waals surface area (Å²) in [5, 5.41) is 4.86. The molecule has 0 fully saturated rings. The Bertz CT molecular complexity index is 588. The van der Waals surface area contributed by atoms with Gasteiger partial charge in [-0.1, -0.05) is 0 Å². The first kappa shape index (κ1) is 8.06. The van der Waals surface area contributed by atoms with Gasteiger partial charge in [0.2, 0.25) is 0 Å². The molecule has 0 saturated heterocycles. The summed E-state index contributed by atoms with van der Waals surface area (Å²) >= 11 is 1.81. The minimum Gasteiger partial charge on any atom is -0.348 e. The number of fused-ring (bicyclic) bond motifs is 2. The van der Waals surface area contributed by atoms with E-state index < -0.39 is 0 Å². The van der Waals surface area contributed by atoms with Crippen molar-refractivity contribution in [1.82, 2.24) is 4.57 Å². The molecular formula is C12H11NS. The summed E-state index contributed by atoms with van der Waals surface area (Å²) in [5.41, 5.74) is 1.35. The Morgan fingerprint density at radius 2 is 2.14 bits per heavy atom. The van der Waals surface area contributed by atoms with E-state index in [2.05, 4.69) is 47.3 Å². The molecule has 3 rings (SSSR count). The normalized spacial score (nSPS) is 11.5. The molecule has 3 aromatic rings. The molecule has 0 aliphatic carbocycles. The Morgan fingerprint density at radius 3 is 3.00 bits per heavy atom. The van der Waals surface area contributed by atoms with E-state index in [-0.39, 0.29) is 0 Å². The molecule has 0 radical (unpaired) electrons. The third-order valence-electron chi connectivity index (χ3n) is 2.69. The van der Waals surface area contributed by atoms with E-state index in [1.54, 1.807) is 0 Å². The minimum atomic E-state index is 1.04. The number of nitrogens with zero attached hydrogens (tertiary/aromatic N) is 1. The van der Waals surface area contributed by atoms with E-state index in [0.717, 1.165) is 6.54 Å². The minimum absolute atomic E-state index is 1.04. The maximum absolute atomic E-state index is 2.29. The van der Waals surface area contributed by atoms with Gasteiger partial charge in [0.15, 0.2) is 0 Å². The lowest BCUT2D eigenvalue weighted by Crippen LogP contribution is -1.89. The molecular weight excluding hydrogens is 190 g/mol. The highest BCUT2D eigenvalue weighted by Crippen LogP contribution is 2.27. The van der Waals surface area contributed by atoms with Gasteiger partial charge in [0.1, 0.15) is 0 Å². The molecule has 0 amide bonds. The van der Waals surface area contributed by atoms with E-state index >= 15 is 0 Å². The molecule has 0 atom stereocenters. The van der Waals surface area contributed by atoms with Gasteiger partial charge in [-0.15, -0.1) is 11.3 Å². The van der Waals surface area contributed by atoms with Gasteiger partial charge in [-0.3, -0.25) is 0 Å². The van der Waals surface area contributed by atoms with E-state index in [9.17, 15) is 0 Å². The SMILES string of the molecule is CCn1ccc2cc3ccsc3cc21. The monoisotopic (exact) mass is 201 g/mol. The van der Waals surface area contributed by atoms with E-state index in [4.69, 9.17) is 0 Å². The molecule has 0 bridgehead atoms. The maximum Gasteiger partial charge on any atom is 0.0494 e. The Kier molecular flexibility index (Phi) is 1.64. The van der Waals surface area contributed by atoms with Crippen molar-refractivity contribution in [2.75, 3.05) is 0 Å². The van der Waals surface area contributed by atoms with Crippen molar-refractivity contribution in [2.24, 2.45) is 0 Å². The predicted molar refractivity (Wildman–Crippen MR) is 63.0 cm³/mol. The van der Waals surface area contributed by atoms with Crippen LogP contribution in [0.15, 0.2) is 35.8 Å². The topological polar surface area (TPSA) is 4.93 Å². The molecule has 0 aliphatic heterocycles. The highest BCUT2D eigenvalue weighted by Gasteiger charge is 2.02. The summed E-state index contributed by atoms with van der Waals surface area (Å²) in [6, 6.07) is 8.94. The second kappa shape index (κ2) is 2.85. The summed E-state index contributed by atoms with van der Waals surface area (Å²) < 4.78 is 3.67. The Labute approximate surface area is 86.6 Å². The molecule has 0 saturated carbocycles. The highest BCUT2D eigenvalue weighted by atomic mass is 32.1. The molecule has 2 heterocycles. The van der Waals surface area contributed by atoms with Crippen molar-refractivity contribution in [3.05, 3.63) is 35.8 Å². The number of hydrogen-bond acceptors (Lipinski definition) is 1. The van der Waals surface area contributed by atoms with Crippen LogP contribution in [0.1, 0.15) is 6.92 Å². The molecule has 0 unspecified atom stereocenters. The van der Waals surface area contributed by atoms with Crippen LogP contribution >= 0.6 is 11.3 Å². The van der Waals surface area contributed by atoms with Crippen LogP contribution in [-0.2, 0) is 6.54 Å². The fraction of sp³-hybridized carbons (Fsp3) is 0.167. The number of rotatable bonds is 1. The third kappa shape index (κ3) is 1.01. The largest absolute Gasteiger partial charge is 0.348 e. The number of aromatic nitrogens is 1. The van der Waals surface area contributed by atoms with Crippen LogP contribution in [0.4, 0.5) is 0 Å². The molecule has 0 aliphatic rings. The number of benzene rings is 1. The fourth-order valence-electron chi connectivity index (χ4n) is 1.92.